The molecule has 2 aliphatic heterocycles. The normalized spacial score (nSPS) is 26.9. The second-order valence-corrected chi connectivity index (χ2v) is 7.04. The molecule has 0 saturated carbocycles. The highest BCUT2D eigenvalue weighted by Crippen LogP contribution is 2.29. The van der Waals surface area contributed by atoms with Crippen molar-refractivity contribution in [2.24, 2.45) is 5.92 Å². The lowest BCUT2D eigenvalue weighted by molar-refractivity contribution is 0.0134. The SMILES string of the molecule is CC1CN(c2nc(N)c3ccsc3n2)CC1N1CCOCC1. The van der Waals surface area contributed by atoms with Gasteiger partial charge in [-0.15, -0.1) is 11.3 Å². The fourth-order valence-corrected chi connectivity index (χ4v) is 4.27. The average Bonchev–Trinajstić information content (AvgIpc) is 3.15. The molecule has 7 heteroatoms. The van der Waals surface area contributed by atoms with E-state index in [2.05, 4.69) is 21.7 Å². The van der Waals surface area contributed by atoms with Crippen LogP contribution in [0.5, 0.6) is 0 Å². The molecule has 2 saturated heterocycles. The summed E-state index contributed by atoms with van der Waals surface area (Å²) in [6, 6.07) is 2.54. The van der Waals surface area contributed by atoms with Crippen LogP contribution in [0.1, 0.15) is 6.92 Å². The number of hydrogen-bond donors (Lipinski definition) is 1. The van der Waals surface area contributed by atoms with Gasteiger partial charge in [-0.25, -0.2) is 4.98 Å². The Morgan fingerprint density at radius 3 is 2.91 bits per heavy atom. The third-order valence-electron chi connectivity index (χ3n) is 4.71. The first-order valence-corrected chi connectivity index (χ1v) is 8.68. The molecule has 0 amide bonds. The Morgan fingerprint density at radius 2 is 2.09 bits per heavy atom. The summed E-state index contributed by atoms with van der Waals surface area (Å²) in [5, 5.41) is 2.98. The van der Waals surface area contributed by atoms with E-state index in [9.17, 15) is 0 Å². The fraction of sp³-hybridized carbons (Fsp3) is 0.600. The predicted octanol–water partition coefficient (Wildman–Crippen LogP) is 1.43. The molecule has 2 aromatic rings. The molecule has 0 spiro atoms. The molecule has 6 nitrogen and oxygen atoms in total. The first kappa shape index (κ1) is 14.2. The number of nitrogen functional groups attached to an aromatic ring is 1. The number of morpholine rings is 1. The van der Waals surface area contributed by atoms with Crippen LogP contribution in [-0.4, -0.2) is 60.3 Å². The number of fused-ring (bicyclic) bond motifs is 1. The van der Waals surface area contributed by atoms with Crippen molar-refractivity contribution in [2.45, 2.75) is 13.0 Å². The van der Waals surface area contributed by atoms with Crippen molar-refractivity contribution in [3.63, 3.8) is 0 Å². The Labute approximate surface area is 133 Å². The van der Waals surface area contributed by atoms with Gasteiger partial charge in [0, 0.05) is 32.2 Å². The largest absolute Gasteiger partial charge is 0.383 e. The topological polar surface area (TPSA) is 67.5 Å². The van der Waals surface area contributed by atoms with Crippen LogP contribution in [-0.2, 0) is 4.74 Å². The van der Waals surface area contributed by atoms with Gasteiger partial charge < -0.3 is 15.4 Å². The summed E-state index contributed by atoms with van der Waals surface area (Å²) in [4.78, 5) is 15.0. The van der Waals surface area contributed by atoms with Gasteiger partial charge in [0.15, 0.2) is 0 Å². The highest BCUT2D eigenvalue weighted by Gasteiger charge is 2.35. The molecule has 2 atom stereocenters. The summed E-state index contributed by atoms with van der Waals surface area (Å²) in [7, 11) is 0. The molecule has 2 unspecified atom stereocenters. The number of ether oxygens (including phenoxy) is 1. The second kappa shape index (κ2) is 5.64. The zero-order valence-electron chi connectivity index (χ0n) is 12.7. The second-order valence-electron chi connectivity index (χ2n) is 6.15. The molecule has 4 heterocycles. The zero-order chi connectivity index (χ0) is 15.1. The van der Waals surface area contributed by atoms with Gasteiger partial charge in [-0.3, -0.25) is 4.90 Å². The first-order chi connectivity index (χ1) is 10.7. The van der Waals surface area contributed by atoms with Crippen molar-refractivity contribution in [3.05, 3.63) is 11.4 Å². The highest BCUT2D eigenvalue weighted by atomic mass is 32.1. The summed E-state index contributed by atoms with van der Waals surface area (Å²) in [5.74, 6) is 1.96. The van der Waals surface area contributed by atoms with Gasteiger partial charge in [0.05, 0.1) is 18.6 Å². The van der Waals surface area contributed by atoms with Gasteiger partial charge >= 0.3 is 0 Å². The number of aromatic nitrogens is 2. The van der Waals surface area contributed by atoms with Crippen molar-refractivity contribution in [3.8, 4) is 0 Å². The monoisotopic (exact) mass is 319 g/mol. The van der Waals surface area contributed by atoms with E-state index in [1.807, 2.05) is 11.4 Å². The number of thiophene rings is 1. The quantitative estimate of drug-likeness (QED) is 0.903. The van der Waals surface area contributed by atoms with Gasteiger partial charge in [0.25, 0.3) is 0 Å². The molecule has 2 aromatic heterocycles. The van der Waals surface area contributed by atoms with Crippen LogP contribution in [0, 0.1) is 5.92 Å². The third-order valence-corrected chi connectivity index (χ3v) is 5.52. The average molecular weight is 319 g/mol. The summed E-state index contributed by atoms with van der Waals surface area (Å²) < 4.78 is 5.47. The van der Waals surface area contributed by atoms with Gasteiger partial charge in [-0.2, -0.15) is 4.98 Å². The third kappa shape index (κ3) is 2.43. The Kier molecular flexibility index (Phi) is 3.63. The minimum atomic E-state index is 0.549. The minimum Gasteiger partial charge on any atom is -0.383 e. The Bertz CT molecular complexity index is 669. The number of nitrogens with zero attached hydrogens (tertiary/aromatic N) is 4. The van der Waals surface area contributed by atoms with E-state index in [0.717, 1.165) is 55.6 Å². The van der Waals surface area contributed by atoms with E-state index < -0.39 is 0 Å². The van der Waals surface area contributed by atoms with E-state index in [0.29, 0.717) is 17.8 Å². The smallest absolute Gasteiger partial charge is 0.228 e. The molecule has 118 valence electrons. The molecular weight excluding hydrogens is 298 g/mol. The molecule has 4 rings (SSSR count). The van der Waals surface area contributed by atoms with Crippen LogP contribution < -0.4 is 10.6 Å². The van der Waals surface area contributed by atoms with Crippen molar-refractivity contribution in [1.29, 1.82) is 0 Å². The lowest BCUT2D eigenvalue weighted by Crippen LogP contribution is -2.46. The van der Waals surface area contributed by atoms with Crippen LogP contribution in [0.25, 0.3) is 10.2 Å². The molecule has 0 radical (unpaired) electrons. The summed E-state index contributed by atoms with van der Waals surface area (Å²) in [5.41, 5.74) is 6.08. The van der Waals surface area contributed by atoms with E-state index in [1.165, 1.54) is 0 Å². The van der Waals surface area contributed by atoms with E-state index in [1.54, 1.807) is 11.3 Å². The van der Waals surface area contributed by atoms with Crippen LogP contribution in [0.15, 0.2) is 11.4 Å². The molecular formula is C15H21N5OS. The molecule has 0 aliphatic carbocycles. The maximum atomic E-state index is 6.08. The van der Waals surface area contributed by atoms with Crippen molar-refractivity contribution < 1.29 is 4.74 Å². The van der Waals surface area contributed by atoms with Crippen LogP contribution >= 0.6 is 11.3 Å². The summed E-state index contributed by atoms with van der Waals surface area (Å²) >= 11 is 1.62. The van der Waals surface area contributed by atoms with E-state index in [-0.39, 0.29) is 0 Å². The number of rotatable bonds is 2. The van der Waals surface area contributed by atoms with Crippen molar-refractivity contribution >= 4 is 33.3 Å². The molecule has 2 aliphatic rings. The zero-order valence-corrected chi connectivity index (χ0v) is 13.6. The Hall–Kier alpha value is -1.44. The number of nitrogens with two attached hydrogens (primary N) is 1. The lowest BCUT2D eigenvalue weighted by Gasteiger charge is -2.33. The van der Waals surface area contributed by atoms with Crippen LogP contribution in [0.4, 0.5) is 11.8 Å². The molecule has 0 aromatic carbocycles. The lowest BCUT2D eigenvalue weighted by atomic mass is 10.0. The van der Waals surface area contributed by atoms with Gasteiger partial charge in [-0.1, -0.05) is 6.92 Å². The summed E-state index contributed by atoms with van der Waals surface area (Å²) in [6.45, 7) is 8.00. The van der Waals surface area contributed by atoms with E-state index in [4.69, 9.17) is 15.5 Å². The Morgan fingerprint density at radius 1 is 1.27 bits per heavy atom. The van der Waals surface area contributed by atoms with Gasteiger partial charge in [-0.05, 0) is 17.4 Å². The van der Waals surface area contributed by atoms with Crippen molar-refractivity contribution in [1.82, 2.24) is 14.9 Å². The van der Waals surface area contributed by atoms with Gasteiger partial charge in [0.1, 0.15) is 10.6 Å². The molecule has 2 fully saturated rings. The summed E-state index contributed by atoms with van der Waals surface area (Å²) in [6.07, 6.45) is 0. The number of anilines is 2. The van der Waals surface area contributed by atoms with Gasteiger partial charge in [0.2, 0.25) is 5.95 Å². The Balaban J connectivity index is 1.57. The highest BCUT2D eigenvalue weighted by molar-refractivity contribution is 7.16. The van der Waals surface area contributed by atoms with Crippen LogP contribution in [0.3, 0.4) is 0 Å². The molecule has 2 N–H and O–H groups in total. The molecule has 0 bridgehead atoms. The maximum absolute atomic E-state index is 6.08. The predicted molar refractivity (Wildman–Crippen MR) is 89.4 cm³/mol. The van der Waals surface area contributed by atoms with Crippen LogP contribution in [0.2, 0.25) is 0 Å². The van der Waals surface area contributed by atoms with Crippen molar-refractivity contribution in [2.75, 3.05) is 50.0 Å². The minimum absolute atomic E-state index is 0.549. The standard InChI is InChI=1S/C15H21N5OS/c1-10-8-20(9-12(10)19-3-5-21-6-4-19)15-17-13(16)11-2-7-22-14(11)18-15/h2,7,10,12H,3-6,8-9H2,1H3,(H2,16,17,18). The number of hydrogen-bond acceptors (Lipinski definition) is 7. The van der Waals surface area contributed by atoms with E-state index >= 15 is 0 Å². The fourth-order valence-electron chi connectivity index (χ4n) is 3.51. The first-order valence-electron chi connectivity index (χ1n) is 7.80. The molecule has 22 heavy (non-hydrogen) atoms. The maximum Gasteiger partial charge on any atom is 0.228 e.